The second kappa shape index (κ2) is 6.88. The fourth-order valence-electron chi connectivity index (χ4n) is 3.76. The number of nitriles is 1. The van der Waals surface area contributed by atoms with Crippen molar-refractivity contribution in [3.05, 3.63) is 65.7 Å². The minimum absolute atomic E-state index is 0.277. The Morgan fingerprint density at radius 3 is 2.54 bits per heavy atom. The summed E-state index contributed by atoms with van der Waals surface area (Å²) in [6, 6.07) is 16.6. The van der Waals surface area contributed by atoms with E-state index in [1.807, 2.05) is 6.07 Å². The first-order valence-corrected chi connectivity index (χ1v) is 8.66. The topological polar surface area (TPSA) is 117 Å². The molecule has 0 spiro atoms. The minimum atomic E-state index is -1.05. The number of primary amides is 1. The number of fused-ring (bicyclic) bond motifs is 1. The van der Waals surface area contributed by atoms with E-state index in [1.54, 1.807) is 54.6 Å². The van der Waals surface area contributed by atoms with Gasteiger partial charge in [0.05, 0.1) is 29.3 Å². The normalized spacial score (nSPS) is 24.2. The Labute approximate surface area is 160 Å². The van der Waals surface area contributed by atoms with E-state index in [-0.39, 0.29) is 6.54 Å². The second-order valence-electron chi connectivity index (χ2n) is 6.62. The van der Waals surface area contributed by atoms with Crippen LogP contribution in [0.2, 0.25) is 0 Å². The summed E-state index contributed by atoms with van der Waals surface area (Å²) in [6.45, 7) is -0.277. The van der Waals surface area contributed by atoms with Crippen LogP contribution in [0.1, 0.15) is 17.2 Å². The Bertz CT molecular complexity index is 1000. The SMILES string of the molecule is N#Cc1cccc(C2C3C(=O)N(c4ccccc4)C(=O)C3ON2CC(N)=O)c1. The predicted molar refractivity (Wildman–Crippen MR) is 97.1 cm³/mol. The van der Waals surface area contributed by atoms with Gasteiger partial charge in [0.2, 0.25) is 11.8 Å². The summed E-state index contributed by atoms with van der Waals surface area (Å²) in [7, 11) is 0. The standard InChI is InChI=1S/C20H16N4O4/c21-10-12-5-4-6-13(9-12)17-16-18(28-23(17)11-15(22)25)20(27)24(19(16)26)14-7-2-1-3-8-14/h1-9,16-18H,11H2,(H2,22,25). The average Bonchev–Trinajstić information content (AvgIpc) is 3.17. The molecule has 0 aliphatic carbocycles. The number of imide groups is 1. The monoisotopic (exact) mass is 376 g/mol. The number of carbonyl (C=O) groups is 3. The number of hydroxylamine groups is 2. The zero-order chi connectivity index (χ0) is 19.8. The smallest absolute Gasteiger partial charge is 0.265 e. The highest BCUT2D eigenvalue weighted by molar-refractivity contribution is 6.23. The van der Waals surface area contributed by atoms with Crippen LogP contribution in [0.3, 0.4) is 0 Å². The van der Waals surface area contributed by atoms with Crippen LogP contribution in [0.15, 0.2) is 54.6 Å². The van der Waals surface area contributed by atoms with Crippen molar-refractivity contribution in [2.24, 2.45) is 11.7 Å². The van der Waals surface area contributed by atoms with Crippen LogP contribution in [0.25, 0.3) is 0 Å². The average molecular weight is 376 g/mol. The van der Waals surface area contributed by atoms with Gasteiger partial charge in [-0.25, -0.2) is 4.90 Å². The van der Waals surface area contributed by atoms with E-state index >= 15 is 0 Å². The van der Waals surface area contributed by atoms with E-state index in [0.717, 1.165) is 4.90 Å². The molecule has 2 aliphatic heterocycles. The first-order valence-electron chi connectivity index (χ1n) is 8.66. The van der Waals surface area contributed by atoms with Crippen LogP contribution >= 0.6 is 0 Å². The summed E-state index contributed by atoms with van der Waals surface area (Å²) >= 11 is 0. The van der Waals surface area contributed by atoms with Crippen LogP contribution in [0, 0.1) is 17.2 Å². The van der Waals surface area contributed by atoms with Crippen LogP contribution in [0.4, 0.5) is 5.69 Å². The van der Waals surface area contributed by atoms with Crippen molar-refractivity contribution in [1.29, 1.82) is 5.26 Å². The van der Waals surface area contributed by atoms with Gasteiger partial charge in [0.15, 0.2) is 6.10 Å². The minimum Gasteiger partial charge on any atom is -0.368 e. The van der Waals surface area contributed by atoms with Crippen molar-refractivity contribution < 1.29 is 19.2 Å². The molecule has 0 radical (unpaired) electrons. The Morgan fingerprint density at radius 2 is 1.86 bits per heavy atom. The zero-order valence-electron chi connectivity index (χ0n) is 14.7. The van der Waals surface area contributed by atoms with Gasteiger partial charge < -0.3 is 5.73 Å². The quantitative estimate of drug-likeness (QED) is 0.792. The van der Waals surface area contributed by atoms with Gasteiger partial charge in [0, 0.05) is 0 Å². The van der Waals surface area contributed by atoms with Gasteiger partial charge in [-0.15, -0.1) is 0 Å². The Kier molecular flexibility index (Phi) is 4.39. The van der Waals surface area contributed by atoms with Gasteiger partial charge in [-0.05, 0) is 29.8 Å². The lowest BCUT2D eigenvalue weighted by molar-refractivity contribution is -0.175. The van der Waals surface area contributed by atoms with Gasteiger partial charge in [-0.3, -0.25) is 19.2 Å². The highest BCUT2D eigenvalue weighted by Crippen LogP contribution is 2.45. The van der Waals surface area contributed by atoms with Gasteiger partial charge in [-0.2, -0.15) is 10.3 Å². The number of para-hydroxylation sites is 1. The molecule has 0 bridgehead atoms. The fraction of sp³-hybridized carbons (Fsp3) is 0.200. The van der Waals surface area contributed by atoms with Gasteiger partial charge in [0.1, 0.15) is 6.54 Å². The number of amides is 3. The molecule has 3 amide bonds. The molecule has 2 aliphatic rings. The highest BCUT2D eigenvalue weighted by atomic mass is 16.7. The van der Waals surface area contributed by atoms with E-state index in [1.165, 1.54) is 5.06 Å². The summed E-state index contributed by atoms with van der Waals surface area (Å²) < 4.78 is 0. The number of benzene rings is 2. The molecule has 2 aromatic rings. The molecular formula is C20H16N4O4. The molecule has 140 valence electrons. The Morgan fingerprint density at radius 1 is 1.11 bits per heavy atom. The zero-order valence-corrected chi connectivity index (χ0v) is 14.7. The third-order valence-corrected chi connectivity index (χ3v) is 4.88. The Balaban J connectivity index is 1.76. The molecule has 8 heteroatoms. The number of hydrogen-bond donors (Lipinski definition) is 1. The maximum Gasteiger partial charge on any atom is 0.265 e. The fourth-order valence-corrected chi connectivity index (χ4v) is 3.76. The predicted octanol–water partition coefficient (Wildman–Crippen LogP) is 0.890. The lowest BCUT2D eigenvalue weighted by Crippen LogP contribution is -2.40. The first-order chi connectivity index (χ1) is 13.5. The molecule has 2 N–H and O–H groups in total. The molecule has 4 rings (SSSR count). The number of hydrogen-bond acceptors (Lipinski definition) is 6. The number of anilines is 1. The molecular weight excluding hydrogens is 360 g/mol. The van der Waals surface area contributed by atoms with E-state index in [4.69, 9.17) is 10.6 Å². The van der Waals surface area contributed by atoms with Crippen molar-refractivity contribution in [2.75, 3.05) is 11.4 Å². The molecule has 2 heterocycles. The number of nitrogens with two attached hydrogens (primary N) is 1. The number of rotatable bonds is 4. The maximum atomic E-state index is 13.2. The molecule has 2 fully saturated rings. The van der Waals surface area contributed by atoms with Crippen molar-refractivity contribution in [2.45, 2.75) is 12.1 Å². The molecule has 3 atom stereocenters. The van der Waals surface area contributed by atoms with Crippen molar-refractivity contribution in [3.8, 4) is 6.07 Å². The summed E-state index contributed by atoms with van der Waals surface area (Å²) in [5.74, 6) is -2.41. The first kappa shape index (κ1) is 17.9. The van der Waals surface area contributed by atoms with Crippen molar-refractivity contribution in [3.63, 3.8) is 0 Å². The summed E-state index contributed by atoms with van der Waals surface area (Å²) in [6.07, 6.45) is -1.05. The highest BCUT2D eigenvalue weighted by Gasteiger charge is 2.60. The van der Waals surface area contributed by atoms with E-state index in [9.17, 15) is 19.6 Å². The Hall–Kier alpha value is -3.54. The number of carbonyl (C=O) groups excluding carboxylic acids is 3. The van der Waals surface area contributed by atoms with E-state index in [0.29, 0.717) is 16.8 Å². The molecule has 8 nitrogen and oxygen atoms in total. The molecule has 0 aromatic heterocycles. The molecule has 28 heavy (non-hydrogen) atoms. The maximum absolute atomic E-state index is 13.2. The molecule has 3 unspecified atom stereocenters. The summed E-state index contributed by atoms with van der Waals surface area (Å²) in [4.78, 5) is 44.4. The molecule has 2 aromatic carbocycles. The molecule has 2 saturated heterocycles. The van der Waals surface area contributed by atoms with Crippen LogP contribution in [-0.2, 0) is 19.2 Å². The van der Waals surface area contributed by atoms with Crippen molar-refractivity contribution >= 4 is 23.4 Å². The van der Waals surface area contributed by atoms with Crippen LogP contribution in [0.5, 0.6) is 0 Å². The largest absolute Gasteiger partial charge is 0.368 e. The van der Waals surface area contributed by atoms with E-state index < -0.39 is 35.8 Å². The lowest BCUT2D eigenvalue weighted by Gasteiger charge is -2.26. The lowest BCUT2D eigenvalue weighted by atomic mass is 9.90. The van der Waals surface area contributed by atoms with Crippen LogP contribution in [-0.4, -0.2) is 35.4 Å². The van der Waals surface area contributed by atoms with E-state index in [2.05, 4.69) is 0 Å². The van der Waals surface area contributed by atoms with Gasteiger partial charge in [0.25, 0.3) is 5.91 Å². The third-order valence-electron chi connectivity index (χ3n) is 4.88. The summed E-state index contributed by atoms with van der Waals surface area (Å²) in [5, 5.41) is 10.5. The third kappa shape index (κ3) is 2.83. The van der Waals surface area contributed by atoms with Gasteiger partial charge >= 0.3 is 0 Å². The molecule has 0 saturated carbocycles. The van der Waals surface area contributed by atoms with Crippen molar-refractivity contribution in [1.82, 2.24) is 5.06 Å². The number of nitrogens with zero attached hydrogens (tertiary/aromatic N) is 3. The van der Waals surface area contributed by atoms with Gasteiger partial charge in [-0.1, -0.05) is 30.3 Å². The summed E-state index contributed by atoms with van der Waals surface area (Å²) in [5.41, 5.74) is 6.77. The van der Waals surface area contributed by atoms with Crippen LogP contribution < -0.4 is 10.6 Å². The second-order valence-corrected chi connectivity index (χ2v) is 6.62.